The minimum absolute atomic E-state index is 0.00258. The Balaban J connectivity index is 1.16. The second-order valence-corrected chi connectivity index (χ2v) is 23.1. The lowest BCUT2D eigenvalue weighted by Crippen LogP contribution is -2.59. The van der Waals surface area contributed by atoms with Gasteiger partial charge in [-0.1, -0.05) is 105 Å². The molecule has 1 saturated heterocycles. The largest absolute Gasteiger partial charge is 0.445 e. The molecule has 7 atom stereocenters. The third-order valence-electron chi connectivity index (χ3n) is 14.0. The Morgan fingerprint density at radius 1 is 0.542 bits per heavy atom. The Kier molecular flexibility index (Phi) is 23.3. The number of halogens is 1. The fourth-order valence-electron chi connectivity index (χ4n) is 9.58. The maximum absolute atomic E-state index is 14.4. The molecule has 0 radical (unpaired) electrons. The summed E-state index contributed by atoms with van der Waals surface area (Å²) in [5, 5.41) is 29.3. The minimum atomic E-state index is -1.29. The zero-order valence-electron chi connectivity index (χ0n) is 48.8. The first-order valence-electron chi connectivity index (χ1n) is 28.4. The highest BCUT2D eigenvalue weighted by Gasteiger charge is 2.33. The van der Waals surface area contributed by atoms with Crippen molar-refractivity contribution < 1.29 is 57.5 Å². The second-order valence-electron chi connectivity index (χ2n) is 22.6. The molecule has 8 N–H and O–H groups in total. The van der Waals surface area contributed by atoms with E-state index in [-0.39, 0.29) is 44.8 Å². The van der Waals surface area contributed by atoms with E-state index >= 15 is 0 Å². The molecule has 1 aliphatic heterocycles. The number of hydroxylamine groups is 2. The number of carbonyl (C=O) groups is 9. The van der Waals surface area contributed by atoms with Gasteiger partial charge in [-0.2, -0.15) is 0 Å². The van der Waals surface area contributed by atoms with Crippen LogP contribution < -0.4 is 42.5 Å². The zero-order chi connectivity index (χ0) is 60.5. The number of nitrogens with zero attached hydrogens (tertiary/aromatic N) is 1. The van der Waals surface area contributed by atoms with Crippen molar-refractivity contribution in [1.29, 1.82) is 0 Å². The highest BCUT2D eigenvalue weighted by Crippen LogP contribution is 2.36. The summed E-state index contributed by atoms with van der Waals surface area (Å²) in [6, 6.07) is 16.5. The maximum Gasteiger partial charge on any atom is 0.408 e. The lowest BCUT2D eigenvalue weighted by molar-refractivity contribution is -0.196. The van der Waals surface area contributed by atoms with Crippen molar-refractivity contribution in [2.24, 2.45) is 5.92 Å². The number of ether oxygens (including phenoxy) is 2. The van der Waals surface area contributed by atoms with Gasteiger partial charge in [0.25, 0.3) is 0 Å². The predicted octanol–water partition coefficient (Wildman–Crippen LogP) is 6.75. The fraction of sp³-hybridized carbons (Fsp3) is 0.492. The molecule has 0 unspecified atom stereocenters. The van der Waals surface area contributed by atoms with Gasteiger partial charge < -0.3 is 56.8 Å². The summed E-state index contributed by atoms with van der Waals surface area (Å²) in [6.07, 6.45) is 1.98. The van der Waals surface area contributed by atoms with Gasteiger partial charge in [-0.15, -0.1) is 5.06 Å². The van der Waals surface area contributed by atoms with Crippen LogP contribution in [0.1, 0.15) is 118 Å². The summed E-state index contributed by atoms with van der Waals surface area (Å²) < 4.78 is 10.6. The SMILES string of the molecule is CC(C)C[C@H](NC(=O)[C@H](C)NC(=O)OC(C)(C)C)C(=O)N[C@@H](C)C(=O)N[C@@H](CCCCNC(=O)OCc1ccccc1Cl)C(=O)N[C@@H](C)C(=O)N[C@@H](Cc1ccc2ccc3cccc4ccc1c2c34)C(=O)N[C@@H](C)C(=O)ON1CCCCC1. The van der Waals surface area contributed by atoms with Gasteiger partial charge in [-0.3, -0.25) is 28.8 Å². The van der Waals surface area contributed by atoms with Gasteiger partial charge in [-0.05, 0) is 137 Å². The third-order valence-corrected chi connectivity index (χ3v) is 14.4. The number of benzene rings is 5. The highest BCUT2D eigenvalue weighted by atomic mass is 35.5. The van der Waals surface area contributed by atoms with Crippen LogP contribution in [0.3, 0.4) is 0 Å². The number of nitrogens with one attached hydrogen (secondary N) is 8. The van der Waals surface area contributed by atoms with Crippen LogP contribution in [0.4, 0.5) is 9.59 Å². The number of hydrogen-bond acceptors (Lipinski definition) is 13. The lowest BCUT2D eigenvalue weighted by Gasteiger charge is -2.27. The summed E-state index contributed by atoms with van der Waals surface area (Å²) in [5.41, 5.74) is 0.539. The van der Waals surface area contributed by atoms with Crippen LogP contribution in [-0.4, -0.2) is 126 Å². The van der Waals surface area contributed by atoms with E-state index in [1.165, 1.54) is 27.7 Å². The van der Waals surface area contributed by atoms with Crippen LogP contribution in [-0.2, 0) is 60.9 Å². The molecule has 1 aliphatic rings. The predicted molar refractivity (Wildman–Crippen MR) is 316 cm³/mol. The van der Waals surface area contributed by atoms with Crippen LogP contribution in [0.25, 0.3) is 32.3 Å². The van der Waals surface area contributed by atoms with Crippen LogP contribution in [0.5, 0.6) is 0 Å². The highest BCUT2D eigenvalue weighted by molar-refractivity contribution is 6.31. The molecule has 1 fully saturated rings. The summed E-state index contributed by atoms with van der Waals surface area (Å²) in [4.78, 5) is 128. The van der Waals surface area contributed by atoms with Crippen LogP contribution in [0, 0.1) is 5.92 Å². The van der Waals surface area contributed by atoms with E-state index in [9.17, 15) is 43.2 Å². The average Bonchev–Trinajstić information content (AvgIpc) is 3.26. The first-order valence-corrected chi connectivity index (χ1v) is 28.8. The van der Waals surface area contributed by atoms with Gasteiger partial charge in [0.05, 0.1) is 0 Å². The molecule has 0 aliphatic carbocycles. The monoisotopic (exact) mass is 1170 g/mol. The molecule has 5 aromatic carbocycles. The van der Waals surface area contributed by atoms with E-state index in [2.05, 4.69) is 48.6 Å². The molecular formula is C61H80ClN9O12. The molecule has 8 amide bonds. The normalized spacial score (nSPS) is 15.4. The van der Waals surface area contributed by atoms with E-state index < -0.39 is 101 Å². The van der Waals surface area contributed by atoms with E-state index in [0.717, 1.165) is 57.1 Å². The van der Waals surface area contributed by atoms with Crippen molar-refractivity contribution in [2.45, 2.75) is 168 Å². The number of piperidine rings is 1. The number of carbonyl (C=O) groups excluding carboxylic acids is 9. The van der Waals surface area contributed by atoms with Crippen molar-refractivity contribution in [3.05, 3.63) is 95.0 Å². The van der Waals surface area contributed by atoms with Gasteiger partial charge in [0.1, 0.15) is 54.5 Å². The molecule has 83 heavy (non-hydrogen) atoms. The zero-order valence-corrected chi connectivity index (χ0v) is 49.6. The molecule has 448 valence electrons. The minimum Gasteiger partial charge on any atom is -0.445 e. The quantitative estimate of drug-likeness (QED) is 0.0210. The van der Waals surface area contributed by atoms with Crippen LogP contribution >= 0.6 is 11.6 Å². The first kappa shape index (κ1) is 64.4. The molecule has 0 spiro atoms. The Hall–Kier alpha value is -7.78. The summed E-state index contributed by atoms with van der Waals surface area (Å²) in [7, 11) is 0. The molecule has 21 nitrogen and oxygen atoms in total. The lowest BCUT2D eigenvalue weighted by atomic mass is 9.90. The Bertz CT molecular complexity index is 3090. The molecule has 6 rings (SSSR count). The van der Waals surface area contributed by atoms with Crippen molar-refractivity contribution in [1.82, 2.24) is 47.6 Å². The van der Waals surface area contributed by atoms with Gasteiger partial charge in [0.2, 0.25) is 35.4 Å². The molecule has 22 heteroatoms. The van der Waals surface area contributed by atoms with E-state index in [1.54, 1.807) is 50.1 Å². The molecule has 0 bridgehead atoms. The molecule has 0 aromatic heterocycles. The summed E-state index contributed by atoms with van der Waals surface area (Å²) >= 11 is 6.20. The Morgan fingerprint density at radius 2 is 1.08 bits per heavy atom. The second kappa shape index (κ2) is 30.0. The fourth-order valence-corrected chi connectivity index (χ4v) is 9.77. The Labute approximate surface area is 489 Å². The van der Waals surface area contributed by atoms with Crippen molar-refractivity contribution in [2.75, 3.05) is 19.6 Å². The topological polar surface area (TPSA) is 281 Å². The maximum atomic E-state index is 14.4. The van der Waals surface area contributed by atoms with Gasteiger partial charge in [-0.25, -0.2) is 14.4 Å². The average molecular weight is 1170 g/mol. The molecule has 0 saturated carbocycles. The summed E-state index contributed by atoms with van der Waals surface area (Å²) in [5.74, 6) is -5.10. The Morgan fingerprint density at radius 3 is 1.71 bits per heavy atom. The number of unbranched alkanes of at least 4 members (excludes halogenated alkanes) is 1. The molecular weight excluding hydrogens is 1090 g/mol. The third kappa shape index (κ3) is 19.1. The van der Waals surface area contributed by atoms with Crippen molar-refractivity contribution in [3.63, 3.8) is 0 Å². The molecule has 1 heterocycles. The number of alkyl carbamates (subject to hydrolysis) is 2. The smallest absolute Gasteiger partial charge is 0.408 e. The number of hydrogen-bond donors (Lipinski definition) is 8. The van der Waals surface area contributed by atoms with Gasteiger partial charge in [0, 0.05) is 36.6 Å². The van der Waals surface area contributed by atoms with E-state index in [0.29, 0.717) is 30.1 Å². The van der Waals surface area contributed by atoms with Crippen LogP contribution in [0.15, 0.2) is 78.9 Å². The van der Waals surface area contributed by atoms with Crippen molar-refractivity contribution >= 4 is 97.5 Å². The van der Waals surface area contributed by atoms with Crippen LogP contribution in [0.2, 0.25) is 5.02 Å². The van der Waals surface area contributed by atoms with E-state index in [4.69, 9.17) is 25.9 Å². The van der Waals surface area contributed by atoms with Gasteiger partial charge in [0.15, 0.2) is 0 Å². The van der Waals surface area contributed by atoms with E-state index in [1.807, 2.05) is 62.4 Å². The first-order chi connectivity index (χ1) is 39.4. The summed E-state index contributed by atoms with van der Waals surface area (Å²) in [6.45, 7) is 15.7. The van der Waals surface area contributed by atoms with Gasteiger partial charge >= 0.3 is 18.2 Å². The molecule has 5 aromatic rings. The number of rotatable bonds is 26. The number of amides is 8. The van der Waals surface area contributed by atoms with Crippen molar-refractivity contribution in [3.8, 4) is 0 Å². The standard InChI is InChI=1S/C61H80ClN9O12/c1-35(2)32-48(69-54(74)38(5)67-60(80)82-61(7,8)9)56(76)65-36(3)52(72)68-47(22-13-14-29-63-59(79)81-34-44-18-11-12-21-46(44)62)55(75)64-37(4)53(73)70-49(57(77)66-39(6)58(78)83-71-30-15-10-16-31-71)33-43-26-25-42-24-23-40-19-17-20-41-27-28-45(43)51(42)50(40)41/h11-12,17-21,23-28,35-39,47-49H,10,13-16,22,29-34H2,1-9H3,(H,63,79)(H,64,75)(H,65,76)(H,66,77)(H,67,80)(H,68,72)(H,69,74)(H,70,73)/t36-,37-,38-,39-,47-,48-,49-/m0/s1.